The molecule has 1 aliphatic heterocycles. The van der Waals surface area contributed by atoms with Gasteiger partial charge in [-0.25, -0.2) is 0 Å². The van der Waals surface area contributed by atoms with E-state index in [0.717, 1.165) is 12.8 Å². The summed E-state index contributed by atoms with van der Waals surface area (Å²) < 4.78 is 5.56. The second-order valence-corrected chi connectivity index (χ2v) is 5.80. The Morgan fingerprint density at radius 3 is 2.64 bits per heavy atom. The van der Waals surface area contributed by atoms with E-state index in [4.69, 9.17) is 4.74 Å². The number of amides is 1. The quantitative estimate of drug-likeness (QED) is 0.588. The number of allylic oxidation sites excluding steroid dienone is 1. The van der Waals surface area contributed by atoms with E-state index in [1.165, 1.54) is 6.92 Å². The van der Waals surface area contributed by atoms with Gasteiger partial charge in [0.05, 0.1) is 12.1 Å². The van der Waals surface area contributed by atoms with Crippen LogP contribution in [0.4, 0.5) is 0 Å². The van der Waals surface area contributed by atoms with E-state index in [1.54, 1.807) is 7.11 Å². The Balaban J connectivity index is 3.02. The number of hydrogen-bond acceptors (Lipinski definition) is 4. The third kappa shape index (κ3) is 4.81. The fourth-order valence-electron chi connectivity index (χ4n) is 3.21. The first-order valence-electron chi connectivity index (χ1n) is 7.86. The zero-order valence-electron chi connectivity index (χ0n) is 13.8. The molecule has 5 atom stereocenters. The lowest BCUT2D eigenvalue weighted by Crippen LogP contribution is -2.57. The molecule has 1 saturated heterocycles. The molecule has 22 heavy (non-hydrogen) atoms. The van der Waals surface area contributed by atoms with E-state index < -0.39 is 12.0 Å². The normalized spacial score (nSPS) is 27.7. The van der Waals surface area contributed by atoms with Crippen molar-refractivity contribution in [3.05, 3.63) is 12.2 Å². The first-order valence-corrected chi connectivity index (χ1v) is 7.86. The van der Waals surface area contributed by atoms with Crippen molar-refractivity contribution >= 4 is 11.9 Å². The van der Waals surface area contributed by atoms with Crippen molar-refractivity contribution in [2.24, 2.45) is 5.92 Å². The van der Waals surface area contributed by atoms with Gasteiger partial charge < -0.3 is 15.2 Å². The van der Waals surface area contributed by atoms with Crippen LogP contribution in [0.3, 0.4) is 0 Å². The topological polar surface area (TPSA) is 87.7 Å². The van der Waals surface area contributed by atoms with Gasteiger partial charge >= 0.3 is 5.97 Å². The number of carboxylic acids is 1. The molecule has 0 saturated carbocycles. The molecule has 3 N–H and O–H groups in total. The summed E-state index contributed by atoms with van der Waals surface area (Å²) in [7, 11) is 1.63. The van der Waals surface area contributed by atoms with Crippen LogP contribution in [-0.2, 0) is 14.3 Å². The average molecular weight is 312 g/mol. The van der Waals surface area contributed by atoms with Crippen molar-refractivity contribution < 1.29 is 19.4 Å². The maximum atomic E-state index is 11.6. The van der Waals surface area contributed by atoms with Gasteiger partial charge in [-0.3, -0.25) is 14.9 Å². The fraction of sp³-hybridized carbons (Fsp3) is 0.750. The van der Waals surface area contributed by atoms with Crippen LogP contribution in [0.2, 0.25) is 0 Å². The molecule has 126 valence electrons. The minimum atomic E-state index is -0.858. The van der Waals surface area contributed by atoms with Gasteiger partial charge in [0.15, 0.2) is 0 Å². The minimum absolute atomic E-state index is 0.0532. The highest BCUT2D eigenvalue weighted by Gasteiger charge is 2.43. The SMILES string of the molecule is C/C=C/[C@@H]1C[C@H](C(=O)O)NC1[C@@H](NC(C)=O)[C@H](CCC)OC. The van der Waals surface area contributed by atoms with E-state index in [0.29, 0.717) is 6.42 Å². The highest BCUT2D eigenvalue weighted by atomic mass is 16.5. The van der Waals surface area contributed by atoms with Crippen LogP contribution in [0.15, 0.2) is 12.2 Å². The van der Waals surface area contributed by atoms with Crippen LogP contribution in [0, 0.1) is 5.92 Å². The Kier molecular flexibility index (Phi) is 7.55. The first kappa shape index (κ1) is 18.6. The predicted molar refractivity (Wildman–Crippen MR) is 84.6 cm³/mol. The van der Waals surface area contributed by atoms with Gasteiger partial charge in [-0.15, -0.1) is 0 Å². The van der Waals surface area contributed by atoms with E-state index in [1.807, 2.05) is 19.1 Å². The summed E-state index contributed by atoms with van der Waals surface area (Å²) in [6.07, 6.45) is 6.04. The molecule has 0 aromatic carbocycles. The summed E-state index contributed by atoms with van der Waals surface area (Å²) in [4.78, 5) is 22.9. The van der Waals surface area contributed by atoms with Crippen molar-refractivity contribution in [2.75, 3.05) is 7.11 Å². The minimum Gasteiger partial charge on any atom is -0.480 e. The third-order valence-corrected chi connectivity index (χ3v) is 4.13. The van der Waals surface area contributed by atoms with Gasteiger partial charge in [0, 0.05) is 20.1 Å². The summed E-state index contributed by atoms with van der Waals surface area (Å²) in [6, 6.07) is -1.01. The van der Waals surface area contributed by atoms with Gasteiger partial charge in [0.1, 0.15) is 6.04 Å². The molecule has 0 aromatic heterocycles. The van der Waals surface area contributed by atoms with Crippen molar-refractivity contribution in [2.45, 2.75) is 64.3 Å². The molecule has 1 fully saturated rings. The van der Waals surface area contributed by atoms with Crippen molar-refractivity contribution in [1.29, 1.82) is 0 Å². The summed E-state index contributed by atoms with van der Waals surface area (Å²) in [6.45, 7) is 5.45. The summed E-state index contributed by atoms with van der Waals surface area (Å²) in [5, 5.41) is 15.4. The molecule has 0 spiro atoms. The Hall–Kier alpha value is -1.40. The fourth-order valence-corrected chi connectivity index (χ4v) is 3.21. The maximum absolute atomic E-state index is 11.6. The van der Waals surface area contributed by atoms with Crippen LogP contribution in [0.25, 0.3) is 0 Å². The Labute approximate surface area is 132 Å². The number of nitrogens with one attached hydrogen (secondary N) is 2. The lowest BCUT2D eigenvalue weighted by molar-refractivity contribution is -0.139. The lowest BCUT2D eigenvalue weighted by Gasteiger charge is -2.34. The Morgan fingerprint density at radius 1 is 1.50 bits per heavy atom. The number of methoxy groups -OCH3 is 1. The molecule has 1 rings (SSSR count). The molecule has 6 nitrogen and oxygen atoms in total. The van der Waals surface area contributed by atoms with Crippen LogP contribution >= 0.6 is 0 Å². The van der Waals surface area contributed by atoms with Crippen molar-refractivity contribution in [3.8, 4) is 0 Å². The average Bonchev–Trinajstić information content (AvgIpc) is 2.87. The van der Waals surface area contributed by atoms with Gasteiger partial charge in [0.2, 0.25) is 5.91 Å². The lowest BCUT2D eigenvalue weighted by atomic mass is 9.88. The second kappa shape index (κ2) is 8.90. The maximum Gasteiger partial charge on any atom is 0.320 e. The molecule has 1 unspecified atom stereocenters. The van der Waals surface area contributed by atoms with Crippen molar-refractivity contribution in [1.82, 2.24) is 10.6 Å². The number of carbonyl (C=O) groups is 2. The van der Waals surface area contributed by atoms with E-state index >= 15 is 0 Å². The standard InChI is InChI=1S/C16H28N2O4/c1-5-7-11-9-12(16(20)21)18-14(11)15(17-10(3)19)13(22-4)8-6-2/h5,7,11-15,18H,6,8-9H2,1-4H3,(H,17,19)(H,20,21)/b7-5+/t11-,12-,13+,14?,15+/m1/s1. The molecular weight excluding hydrogens is 284 g/mol. The van der Waals surface area contributed by atoms with Crippen LogP contribution < -0.4 is 10.6 Å². The molecular formula is C16H28N2O4. The summed E-state index contributed by atoms with van der Waals surface area (Å²) in [5.41, 5.74) is 0. The molecule has 0 aliphatic carbocycles. The molecule has 6 heteroatoms. The van der Waals surface area contributed by atoms with Gasteiger partial charge in [-0.2, -0.15) is 0 Å². The largest absolute Gasteiger partial charge is 0.480 e. The highest BCUT2D eigenvalue weighted by Crippen LogP contribution is 2.27. The van der Waals surface area contributed by atoms with Gasteiger partial charge in [-0.1, -0.05) is 25.5 Å². The van der Waals surface area contributed by atoms with E-state index in [-0.39, 0.29) is 30.0 Å². The van der Waals surface area contributed by atoms with Crippen LogP contribution in [-0.4, -0.2) is 48.3 Å². The molecule has 1 heterocycles. The number of hydrogen-bond donors (Lipinski definition) is 3. The Morgan fingerprint density at radius 2 is 2.18 bits per heavy atom. The highest BCUT2D eigenvalue weighted by molar-refractivity contribution is 5.75. The summed E-state index contributed by atoms with van der Waals surface area (Å²) >= 11 is 0. The number of carboxylic acid groups (broad SMARTS) is 1. The first-order chi connectivity index (χ1) is 10.4. The zero-order valence-corrected chi connectivity index (χ0v) is 13.8. The van der Waals surface area contributed by atoms with Crippen LogP contribution in [0.5, 0.6) is 0 Å². The predicted octanol–water partition coefficient (Wildman–Crippen LogP) is 1.31. The zero-order chi connectivity index (χ0) is 16.7. The molecule has 1 aliphatic rings. The van der Waals surface area contributed by atoms with Gasteiger partial charge in [0.25, 0.3) is 0 Å². The molecule has 1 amide bonds. The number of ether oxygens (including phenoxy) is 1. The Bertz CT molecular complexity index is 411. The van der Waals surface area contributed by atoms with Crippen molar-refractivity contribution in [3.63, 3.8) is 0 Å². The third-order valence-electron chi connectivity index (χ3n) is 4.13. The van der Waals surface area contributed by atoms with Crippen LogP contribution in [0.1, 0.15) is 40.0 Å². The smallest absolute Gasteiger partial charge is 0.320 e. The molecule has 0 aromatic rings. The van der Waals surface area contributed by atoms with E-state index in [2.05, 4.69) is 17.6 Å². The monoisotopic (exact) mass is 312 g/mol. The molecule has 0 radical (unpaired) electrons. The number of rotatable bonds is 8. The van der Waals surface area contributed by atoms with Gasteiger partial charge in [-0.05, 0) is 25.7 Å². The van der Waals surface area contributed by atoms with E-state index in [9.17, 15) is 14.7 Å². The molecule has 0 bridgehead atoms. The number of aliphatic carboxylic acids is 1. The second-order valence-electron chi connectivity index (χ2n) is 5.80. The number of carbonyl (C=O) groups excluding carboxylic acids is 1. The summed E-state index contributed by atoms with van der Waals surface area (Å²) in [5.74, 6) is -0.941.